The van der Waals surface area contributed by atoms with E-state index < -0.39 is 29.4 Å². The van der Waals surface area contributed by atoms with Crippen LogP contribution < -0.4 is 0 Å². The van der Waals surface area contributed by atoms with Crippen molar-refractivity contribution in [1.82, 2.24) is 4.90 Å². The molecular formula is C22H21F2NO4. The molecule has 0 unspecified atom stereocenters. The first kappa shape index (κ1) is 20.6. The third kappa shape index (κ3) is 5.04. The molecule has 1 fully saturated rings. The van der Waals surface area contributed by atoms with E-state index in [1.165, 1.54) is 4.90 Å². The van der Waals surface area contributed by atoms with Crippen molar-refractivity contribution in [1.29, 1.82) is 0 Å². The Hall–Kier alpha value is -3.09. The van der Waals surface area contributed by atoms with Gasteiger partial charge in [-0.3, -0.25) is 14.4 Å². The van der Waals surface area contributed by atoms with Crippen LogP contribution in [0.15, 0.2) is 42.5 Å². The molecule has 1 heterocycles. The van der Waals surface area contributed by atoms with Crippen molar-refractivity contribution in [2.45, 2.75) is 19.8 Å². The molecule has 29 heavy (non-hydrogen) atoms. The third-order valence-electron chi connectivity index (χ3n) is 5.00. The second-order valence-electron chi connectivity index (χ2n) is 7.09. The zero-order valence-corrected chi connectivity index (χ0v) is 16.0. The number of Topliss-reactive ketones (excluding diaryl/α,β-unsaturated/α-hetero) is 1. The van der Waals surface area contributed by atoms with E-state index in [-0.39, 0.29) is 31.0 Å². The molecule has 0 aliphatic carbocycles. The molecule has 5 nitrogen and oxygen atoms in total. The number of carbonyl (C=O) groups is 3. The van der Waals surface area contributed by atoms with Crippen LogP contribution in [0.1, 0.15) is 39.1 Å². The number of benzene rings is 2. The Labute approximate surface area is 167 Å². The lowest BCUT2D eigenvalue weighted by molar-refractivity contribution is -0.148. The van der Waals surface area contributed by atoms with E-state index >= 15 is 0 Å². The van der Waals surface area contributed by atoms with Crippen molar-refractivity contribution in [2.75, 3.05) is 19.7 Å². The highest BCUT2D eigenvalue weighted by Crippen LogP contribution is 2.21. The highest BCUT2D eigenvalue weighted by atomic mass is 19.1. The predicted molar refractivity (Wildman–Crippen MR) is 101 cm³/mol. The summed E-state index contributed by atoms with van der Waals surface area (Å²) in [7, 11) is 0. The van der Waals surface area contributed by atoms with Crippen molar-refractivity contribution >= 4 is 17.7 Å². The molecule has 1 saturated heterocycles. The minimum absolute atomic E-state index is 0.198. The average Bonchev–Trinajstić information content (AvgIpc) is 2.72. The number of aryl methyl sites for hydroxylation is 1. The number of esters is 1. The van der Waals surface area contributed by atoms with Crippen LogP contribution in [-0.4, -0.2) is 42.3 Å². The van der Waals surface area contributed by atoms with Crippen molar-refractivity contribution < 1.29 is 27.9 Å². The number of likely N-dealkylation sites (tertiary alicyclic amines) is 1. The molecule has 3 rings (SSSR count). The third-order valence-corrected chi connectivity index (χ3v) is 5.00. The van der Waals surface area contributed by atoms with Gasteiger partial charge in [-0.1, -0.05) is 29.8 Å². The van der Waals surface area contributed by atoms with E-state index in [4.69, 9.17) is 4.74 Å². The fraction of sp³-hybridized carbons (Fsp3) is 0.318. The Bertz CT molecular complexity index is 919. The van der Waals surface area contributed by atoms with Crippen LogP contribution in [0, 0.1) is 24.5 Å². The number of hydrogen-bond acceptors (Lipinski definition) is 4. The molecule has 0 spiro atoms. The van der Waals surface area contributed by atoms with E-state index in [0.717, 1.165) is 17.7 Å². The van der Waals surface area contributed by atoms with Gasteiger partial charge in [0.15, 0.2) is 12.4 Å². The smallest absolute Gasteiger partial charge is 0.309 e. The fourth-order valence-electron chi connectivity index (χ4n) is 3.23. The summed E-state index contributed by atoms with van der Waals surface area (Å²) < 4.78 is 32.0. The summed E-state index contributed by atoms with van der Waals surface area (Å²) in [6.45, 7) is 2.08. The topological polar surface area (TPSA) is 63.7 Å². The summed E-state index contributed by atoms with van der Waals surface area (Å²) in [5.74, 6) is -3.39. The van der Waals surface area contributed by atoms with E-state index in [2.05, 4.69) is 0 Å². The summed E-state index contributed by atoms with van der Waals surface area (Å²) in [6, 6.07) is 9.81. The van der Waals surface area contributed by atoms with Gasteiger partial charge in [-0.15, -0.1) is 0 Å². The zero-order valence-electron chi connectivity index (χ0n) is 16.0. The van der Waals surface area contributed by atoms with Crippen LogP contribution in [0.4, 0.5) is 8.78 Å². The van der Waals surface area contributed by atoms with Gasteiger partial charge in [0.25, 0.3) is 5.91 Å². The van der Waals surface area contributed by atoms with E-state index in [9.17, 15) is 23.2 Å². The lowest BCUT2D eigenvalue weighted by Gasteiger charge is -2.31. The summed E-state index contributed by atoms with van der Waals surface area (Å²) >= 11 is 0. The first-order valence-corrected chi connectivity index (χ1v) is 9.36. The quantitative estimate of drug-likeness (QED) is 0.568. The Balaban J connectivity index is 1.49. The lowest BCUT2D eigenvalue weighted by Crippen LogP contribution is -2.41. The molecule has 0 radical (unpaired) electrons. The molecule has 0 saturated carbocycles. The first-order valence-electron chi connectivity index (χ1n) is 9.36. The zero-order chi connectivity index (χ0) is 21.0. The van der Waals surface area contributed by atoms with Crippen molar-refractivity contribution in [3.8, 4) is 0 Å². The van der Waals surface area contributed by atoms with E-state index in [1.54, 1.807) is 12.1 Å². The molecule has 0 atom stereocenters. The number of rotatable bonds is 5. The van der Waals surface area contributed by atoms with Crippen LogP contribution in [-0.2, 0) is 9.53 Å². The molecular weight excluding hydrogens is 380 g/mol. The number of ether oxygens (including phenoxy) is 1. The number of hydrogen-bond donors (Lipinski definition) is 0. The van der Waals surface area contributed by atoms with Gasteiger partial charge in [-0.05, 0) is 31.9 Å². The van der Waals surface area contributed by atoms with Gasteiger partial charge in [-0.25, -0.2) is 8.78 Å². The number of amides is 1. The Morgan fingerprint density at radius 2 is 1.69 bits per heavy atom. The van der Waals surface area contributed by atoms with Crippen LogP contribution >= 0.6 is 0 Å². The van der Waals surface area contributed by atoms with E-state index in [1.807, 2.05) is 19.1 Å². The average molecular weight is 401 g/mol. The molecule has 0 aromatic heterocycles. The normalized spacial score (nSPS) is 14.5. The molecule has 152 valence electrons. The van der Waals surface area contributed by atoms with Gasteiger partial charge >= 0.3 is 5.97 Å². The van der Waals surface area contributed by atoms with Crippen LogP contribution in [0.5, 0.6) is 0 Å². The van der Waals surface area contributed by atoms with Crippen LogP contribution in [0.25, 0.3) is 0 Å². The second kappa shape index (κ2) is 8.94. The number of piperidine rings is 1. The van der Waals surface area contributed by atoms with Crippen LogP contribution in [0.2, 0.25) is 0 Å². The standard InChI is InChI=1S/C22H21F2NO4/c1-14-2-4-15(5-3-14)20(26)13-29-22(28)16-8-10-25(11-9-16)21(27)18-7-6-17(23)12-19(18)24/h2-7,12,16H,8-11,13H2,1H3. The highest BCUT2D eigenvalue weighted by Gasteiger charge is 2.30. The van der Waals surface area contributed by atoms with E-state index in [0.29, 0.717) is 24.5 Å². The second-order valence-corrected chi connectivity index (χ2v) is 7.09. The number of ketones is 1. The molecule has 0 bridgehead atoms. The largest absolute Gasteiger partial charge is 0.457 e. The van der Waals surface area contributed by atoms with Crippen molar-refractivity contribution in [3.05, 3.63) is 70.8 Å². The molecule has 1 aliphatic rings. The van der Waals surface area contributed by atoms with Gasteiger partial charge in [0.1, 0.15) is 11.6 Å². The van der Waals surface area contributed by atoms with Gasteiger partial charge in [-0.2, -0.15) is 0 Å². The minimum atomic E-state index is -0.911. The molecule has 1 amide bonds. The Morgan fingerprint density at radius 1 is 1.03 bits per heavy atom. The minimum Gasteiger partial charge on any atom is -0.457 e. The summed E-state index contributed by atoms with van der Waals surface area (Å²) in [4.78, 5) is 38.2. The maximum absolute atomic E-state index is 13.8. The fourth-order valence-corrected chi connectivity index (χ4v) is 3.23. The molecule has 1 aliphatic heterocycles. The molecule has 7 heteroatoms. The number of nitrogens with zero attached hydrogens (tertiary/aromatic N) is 1. The molecule has 2 aromatic carbocycles. The first-order chi connectivity index (χ1) is 13.8. The number of carbonyl (C=O) groups excluding carboxylic acids is 3. The van der Waals surface area contributed by atoms with Crippen molar-refractivity contribution in [2.24, 2.45) is 5.92 Å². The monoisotopic (exact) mass is 401 g/mol. The summed E-state index contributed by atoms with van der Waals surface area (Å²) in [5.41, 5.74) is 1.31. The Morgan fingerprint density at radius 3 is 2.31 bits per heavy atom. The lowest BCUT2D eigenvalue weighted by atomic mass is 9.96. The van der Waals surface area contributed by atoms with Crippen molar-refractivity contribution in [3.63, 3.8) is 0 Å². The van der Waals surface area contributed by atoms with Gasteiger partial charge in [0.2, 0.25) is 0 Å². The van der Waals surface area contributed by atoms with Gasteiger partial charge in [0, 0.05) is 24.7 Å². The summed E-state index contributed by atoms with van der Waals surface area (Å²) in [6.07, 6.45) is 0.707. The number of halogens is 2. The Kier molecular flexibility index (Phi) is 6.36. The molecule has 0 N–H and O–H groups in total. The summed E-state index contributed by atoms with van der Waals surface area (Å²) in [5, 5.41) is 0. The van der Waals surface area contributed by atoms with Crippen LogP contribution in [0.3, 0.4) is 0 Å². The van der Waals surface area contributed by atoms with Gasteiger partial charge < -0.3 is 9.64 Å². The molecule has 2 aromatic rings. The maximum atomic E-state index is 13.8. The van der Waals surface area contributed by atoms with Gasteiger partial charge in [0.05, 0.1) is 11.5 Å². The predicted octanol–water partition coefficient (Wildman–Crippen LogP) is 3.55. The highest BCUT2D eigenvalue weighted by molar-refractivity contribution is 5.98. The SMILES string of the molecule is Cc1ccc(C(=O)COC(=O)C2CCN(C(=O)c3ccc(F)cc3F)CC2)cc1. The maximum Gasteiger partial charge on any atom is 0.309 e.